The summed E-state index contributed by atoms with van der Waals surface area (Å²) >= 11 is 1.69. The van der Waals surface area contributed by atoms with E-state index in [9.17, 15) is 4.79 Å². The van der Waals surface area contributed by atoms with Gasteiger partial charge in [-0.3, -0.25) is 0 Å². The van der Waals surface area contributed by atoms with Crippen molar-refractivity contribution in [2.24, 2.45) is 0 Å². The Morgan fingerprint density at radius 3 is 2.38 bits per heavy atom. The number of hydrogen-bond donors (Lipinski definition) is 0. The summed E-state index contributed by atoms with van der Waals surface area (Å²) in [7, 11) is 0. The normalized spacial score (nSPS) is 11.9. The van der Waals surface area contributed by atoms with Crippen molar-refractivity contribution in [3.05, 3.63) is 42.0 Å². The van der Waals surface area contributed by atoms with Gasteiger partial charge in [0.1, 0.15) is 6.10 Å². The molecule has 0 fully saturated rings. The fourth-order valence-electron chi connectivity index (χ4n) is 1.20. The van der Waals surface area contributed by atoms with E-state index >= 15 is 0 Å². The molecule has 1 aromatic carbocycles. The average molecular weight is 236 g/mol. The van der Waals surface area contributed by atoms with Crippen LogP contribution >= 0.6 is 11.8 Å². The van der Waals surface area contributed by atoms with Gasteiger partial charge in [0.25, 0.3) is 0 Å². The van der Waals surface area contributed by atoms with Crippen molar-refractivity contribution in [1.29, 1.82) is 0 Å². The molecule has 1 rings (SSSR count). The SMILES string of the molecule is C=C(C)C(=O)OC(C)c1ccc(SC)cc1. The van der Waals surface area contributed by atoms with Crippen molar-refractivity contribution < 1.29 is 9.53 Å². The van der Waals surface area contributed by atoms with E-state index in [0.717, 1.165) is 5.56 Å². The summed E-state index contributed by atoms with van der Waals surface area (Å²) in [5.74, 6) is -0.346. The molecular formula is C13H16O2S. The monoisotopic (exact) mass is 236 g/mol. The molecule has 0 bridgehead atoms. The highest BCUT2D eigenvalue weighted by atomic mass is 32.2. The molecule has 0 aliphatic carbocycles. The van der Waals surface area contributed by atoms with E-state index < -0.39 is 0 Å². The summed E-state index contributed by atoms with van der Waals surface area (Å²) in [6.45, 7) is 7.05. The Morgan fingerprint density at radius 2 is 1.94 bits per heavy atom. The number of ether oxygens (including phenoxy) is 1. The number of carbonyl (C=O) groups excluding carboxylic acids is 1. The third-order valence-electron chi connectivity index (χ3n) is 2.22. The van der Waals surface area contributed by atoms with Crippen LogP contribution in [0.25, 0.3) is 0 Å². The molecule has 1 atom stereocenters. The van der Waals surface area contributed by atoms with Crippen LogP contribution in [0.5, 0.6) is 0 Å². The van der Waals surface area contributed by atoms with Crippen molar-refractivity contribution in [3.63, 3.8) is 0 Å². The Morgan fingerprint density at radius 1 is 1.38 bits per heavy atom. The van der Waals surface area contributed by atoms with Crippen LogP contribution in [0.4, 0.5) is 0 Å². The molecule has 0 aliphatic heterocycles. The zero-order valence-corrected chi connectivity index (χ0v) is 10.6. The Hall–Kier alpha value is -1.22. The van der Waals surface area contributed by atoms with E-state index in [0.29, 0.717) is 5.57 Å². The van der Waals surface area contributed by atoms with Gasteiger partial charge in [-0.1, -0.05) is 18.7 Å². The molecule has 86 valence electrons. The van der Waals surface area contributed by atoms with Crippen molar-refractivity contribution in [3.8, 4) is 0 Å². The molecule has 2 nitrogen and oxygen atoms in total. The maximum Gasteiger partial charge on any atom is 0.333 e. The maximum absolute atomic E-state index is 11.3. The molecule has 0 aliphatic rings. The lowest BCUT2D eigenvalue weighted by atomic mass is 10.1. The second-order valence-corrected chi connectivity index (χ2v) is 4.48. The second-order valence-electron chi connectivity index (χ2n) is 3.60. The maximum atomic E-state index is 11.3. The van der Waals surface area contributed by atoms with E-state index in [1.807, 2.05) is 37.4 Å². The molecule has 0 heterocycles. The summed E-state index contributed by atoms with van der Waals surface area (Å²) in [6.07, 6.45) is 1.79. The minimum absolute atomic E-state index is 0.236. The van der Waals surface area contributed by atoms with Crippen LogP contribution in [0, 0.1) is 0 Å². The van der Waals surface area contributed by atoms with Gasteiger partial charge in [-0.05, 0) is 37.8 Å². The Balaban J connectivity index is 2.69. The Kier molecular flexibility index (Phi) is 4.62. The number of esters is 1. The molecule has 0 saturated carbocycles. The molecule has 1 unspecified atom stereocenters. The average Bonchev–Trinajstić information content (AvgIpc) is 2.28. The molecule has 0 radical (unpaired) electrons. The summed E-state index contributed by atoms with van der Waals surface area (Å²) in [4.78, 5) is 12.5. The van der Waals surface area contributed by atoms with Crippen LogP contribution in [0.15, 0.2) is 41.3 Å². The van der Waals surface area contributed by atoms with E-state index in [2.05, 4.69) is 6.58 Å². The van der Waals surface area contributed by atoms with Gasteiger partial charge in [-0.2, -0.15) is 0 Å². The first-order valence-electron chi connectivity index (χ1n) is 5.05. The third kappa shape index (κ3) is 3.42. The minimum atomic E-state index is -0.346. The highest BCUT2D eigenvalue weighted by molar-refractivity contribution is 7.98. The zero-order valence-electron chi connectivity index (χ0n) is 9.82. The Labute approximate surface area is 101 Å². The predicted octanol–water partition coefficient (Wildman–Crippen LogP) is 3.59. The van der Waals surface area contributed by atoms with Crippen LogP contribution in [0.3, 0.4) is 0 Å². The molecule has 0 spiro atoms. The summed E-state index contributed by atoms with van der Waals surface area (Å²) < 4.78 is 5.23. The quantitative estimate of drug-likeness (QED) is 0.454. The van der Waals surface area contributed by atoms with Gasteiger partial charge in [-0.25, -0.2) is 4.79 Å². The lowest BCUT2D eigenvalue weighted by Crippen LogP contribution is -2.09. The van der Waals surface area contributed by atoms with E-state index in [1.54, 1.807) is 18.7 Å². The zero-order chi connectivity index (χ0) is 12.1. The third-order valence-corrected chi connectivity index (χ3v) is 2.96. The molecule has 3 heteroatoms. The minimum Gasteiger partial charge on any atom is -0.454 e. The first-order chi connectivity index (χ1) is 7.54. The molecule has 16 heavy (non-hydrogen) atoms. The van der Waals surface area contributed by atoms with E-state index in [-0.39, 0.29) is 12.1 Å². The second kappa shape index (κ2) is 5.75. The van der Waals surface area contributed by atoms with Crippen molar-refractivity contribution in [1.82, 2.24) is 0 Å². The van der Waals surface area contributed by atoms with Crippen LogP contribution < -0.4 is 0 Å². The largest absolute Gasteiger partial charge is 0.454 e. The van der Waals surface area contributed by atoms with Crippen LogP contribution in [-0.2, 0) is 9.53 Å². The van der Waals surface area contributed by atoms with Crippen LogP contribution in [0.2, 0.25) is 0 Å². The summed E-state index contributed by atoms with van der Waals surface area (Å²) in [6, 6.07) is 7.99. The van der Waals surface area contributed by atoms with Gasteiger partial charge in [0.2, 0.25) is 0 Å². The van der Waals surface area contributed by atoms with E-state index in [1.165, 1.54) is 4.90 Å². The topological polar surface area (TPSA) is 26.3 Å². The summed E-state index contributed by atoms with van der Waals surface area (Å²) in [5, 5.41) is 0. The highest BCUT2D eigenvalue weighted by Gasteiger charge is 2.11. The van der Waals surface area contributed by atoms with Gasteiger partial charge in [0.15, 0.2) is 0 Å². The number of carbonyl (C=O) groups is 1. The van der Waals surface area contributed by atoms with Gasteiger partial charge >= 0.3 is 5.97 Å². The van der Waals surface area contributed by atoms with Crippen molar-refractivity contribution in [2.75, 3.05) is 6.26 Å². The fraction of sp³-hybridized carbons (Fsp3) is 0.308. The molecule has 0 N–H and O–H groups in total. The predicted molar refractivity (Wildman–Crippen MR) is 67.5 cm³/mol. The molecular weight excluding hydrogens is 220 g/mol. The molecule has 0 amide bonds. The number of benzene rings is 1. The summed E-state index contributed by atoms with van der Waals surface area (Å²) in [5.41, 5.74) is 1.42. The van der Waals surface area contributed by atoms with Gasteiger partial charge in [-0.15, -0.1) is 11.8 Å². The lowest BCUT2D eigenvalue weighted by Gasteiger charge is -2.13. The molecule has 0 saturated heterocycles. The lowest BCUT2D eigenvalue weighted by molar-refractivity contribution is -0.143. The molecule has 1 aromatic rings. The smallest absolute Gasteiger partial charge is 0.333 e. The van der Waals surface area contributed by atoms with Crippen molar-refractivity contribution >= 4 is 17.7 Å². The number of thioether (sulfide) groups is 1. The highest BCUT2D eigenvalue weighted by Crippen LogP contribution is 2.21. The first kappa shape index (κ1) is 12.8. The van der Waals surface area contributed by atoms with Gasteiger partial charge in [0.05, 0.1) is 0 Å². The first-order valence-corrected chi connectivity index (χ1v) is 6.27. The van der Waals surface area contributed by atoms with Gasteiger partial charge in [0, 0.05) is 10.5 Å². The number of hydrogen-bond acceptors (Lipinski definition) is 3. The van der Waals surface area contributed by atoms with Crippen molar-refractivity contribution in [2.45, 2.75) is 24.8 Å². The van der Waals surface area contributed by atoms with Gasteiger partial charge < -0.3 is 4.74 Å². The number of rotatable bonds is 4. The van der Waals surface area contributed by atoms with Crippen LogP contribution in [-0.4, -0.2) is 12.2 Å². The van der Waals surface area contributed by atoms with Crippen LogP contribution in [0.1, 0.15) is 25.5 Å². The Bertz CT molecular complexity index is 381. The fourth-order valence-corrected chi connectivity index (χ4v) is 1.61. The van der Waals surface area contributed by atoms with E-state index in [4.69, 9.17) is 4.74 Å². The standard InChI is InChI=1S/C13H16O2S/c1-9(2)13(14)15-10(3)11-5-7-12(16-4)8-6-11/h5-8,10H,1H2,2-4H3. The molecule has 0 aromatic heterocycles.